The number of allylic oxidation sites excluding steroid dienone is 2. The molecule has 0 heterocycles. The number of rotatable bonds is 5. The fraction of sp³-hybridized carbons (Fsp3) is 0.333. The van der Waals surface area contributed by atoms with Gasteiger partial charge in [0, 0.05) is 0 Å². The quantitative estimate of drug-likeness (QED) is 0.347. The van der Waals surface area contributed by atoms with Crippen LogP contribution in [-0.4, -0.2) is 27.2 Å². The zero-order valence-electron chi connectivity index (χ0n) is 11.4. The van der Waals surface area contributed by atoms with Crippen molar-refractivity contribution < 1.29 is 43.7 Å². The predicted octanol–water partition coefficient (Wildman–Crippen LogP) is 3.55. The molecule has 0 atom stereocenters. The fourth-order valence-corrected chi connectivity index (χ4v) is 1.83. The second-order valence-corrected chi connectivity index (χ2v) is 5.64. The van der Waals surface area contributed by atoms with Gasteiger partial charge in [0.15, 0.2) is 0 Å². The number of hydrogen-bond acceptors (Lipinski definition) is 4. The van der Waals surface area contributed by atoms with Crippen molar-refractivity contribution in [2.75, 3.05) is 7.11 Å². The van der Waals surface area contributed by atoms with E-state index in [9.17, 15) is 34.8 Å². The van der Waals surface area contributed by atoms with Gasteiger partial charge in [-0.2, -0.15) is 34.8 Å². The molecule has 0 radical (unpaired) electrons. The molecular weight excluding hydrogens is 354 g/mol. The van der Waals surface area contributed by atoms with Crippen LogP contribution in [0.15, 0.2) is 36.1 Å². The molecular formula is C12H10F6O4S. The number of methoxy groups -OCH3 is 1. The van der Waals surface area contributed by atoms with Gasteiger partial charge in [-0.25, -0.2) is 0 Å². The van der Waals surface area contributed by atoms with Crippen molar-refractivity contribution >= 4 is 10.1 Å². The average Bonchev–Trinajstić information content (AvgIpc) is 2.41. The van der Waals surface area contributed by atoms with E-state index < -0.39 is 34.0 Å². The largest absolute Gasteiger partial charge is 0.534 e. The smallest absolute Gasteiger partial charge is 0.497 e. The second-order valence-electron chi connectivity index (χ2n) is 4.10. The SMILES string of the molecule is COc1ccc(CC=C(OS(=O)(=O)C(F)(F)F)C(F)(F)F)cc1. The molecule has 0 bridgehead atoms. The molecule has 0 unspecified atom stereocenters. The highest BCUT2D eigenvalue weighted by Crippen LogP contribution is 2.33. The highest BCUT2D eigenvalue weighted by molar-refractivity contribution is 7.87. The van der Waals surface area contributed by atoms with Gasteiger partial charge in [-0.05, 0) is 30.2 Å². The Hall–Kier alpha value is -1.91. The normalized spacial score (nSPS) is 13.8. The third-order valence-electron chi connectivity index (χ3n) is 2.44. The summed E-state index contributed by atoms with van der Waals surface area (Å²) in [6.07, 6.45) is -5.68. The molecule has 0 N–H and O–H groups in total. The summed E-state index contributed by atoms with van der Waals surface area (Å²) in [7, 11) is -5.04. The Labute approximate surface area is 127 Å². The lowest BCUT2D eigenvalue weighted by Gasteiger charge is -2.14. The minimum absolute atomic E-state index is 0.213. The Kier molecular flexibility index (Phi) is 5.56. The van der Waals surface area contributed by atoms with E-state index in [-0.39, 0.29) is 11.6 Å². The van der Waals surface area contributed by atoms with Crippen LogP contribution in [0.3, 0.4) is 0 Å². The summed E-state index contributed by atoms with van der Waals surface area (Å²) in [5.74, 6) is -1.84. The van der Waals surface area contributed by atoms with Crippen LogP contribution < -0.4 is 4.74 Å². The maximum absolute atomic E-state index is 12.6. The Morgan fingerprint density at radius 1 is 1.09 bits per heavy atom. The van der Waals surface area contributed by atoms with Gasteiger partial charge in [-0.1, -0.05) is 12.1 Å². The molecule has 1 rings (SSSR count). The van der Waals surface area contributed by atoms with Crippen LogP contribution in [0.25, 0.3) is 0 Å². The molecule has 0 aliphatic carbocycles. The molecule has 0 amide bonds. The van der Waals surface area contributed by atoms with Crippen LogP contribution in [0, 0.1) is 0 Å². The van der Waals surface area contributed by atoms with Crippen LogP contribution in [0.4, 0.5) is 26.3 Å². The monoisotopic (exact) mass is 364 g/mol. The lowest BCUT2D eigenvalue weighted by Crippen LogP contribution is -2.29. The highest BCUT2D eigenvalue weighted by atomic mass is 32.2. The predicted molar refractivity (Wildman–Crippen MR) is 66.9 cm³/mol. The molecule has 1 aromatic rings. The third kappa shape index (κ3) is 5.34. The van der Waals surface area contributed by atoms with E-state index in [0.29, 0.717) is 5.75 Å². The van der Waals surface area contributed by atoms with Gasteiger partial charge in [0.2, 0.25) is 5.76 Å². The third-order valence-corrected chi connectivity index (χ3v) is 3.41. The first-order chi connectivity index (χ1) is 10.4. The summed E-state index contributed by atoms with van der Waals surface area (Å²) in [6, 6.07) is 5.57. The van der Waals surface area contributed by atoms with E-state index in [1.165, 1.54) is 31.4 Å². The molecule has 0 spiro atoms. The maximum Gasteiger partial charge on any atom is 0.534 e. The summed E-state index contributed by atoms with van der Waals surface area (Å²) >= 11 is 0. The molecule has 0 saturated carbocycles. The first kappa shape index (κ1) is 19.1. The van der Waals surface area contributed by atoms with Crippen LogP contribution >= 0.6 is 0 Å². The van der Waals surface area contributed by atoms with Gasteiger partial charge in [0.25, 0.3) is 0 Å². The summed E-state index contributed by atoms with van der Waals surface area (Å²) < 4.78 is 104. The number of ether oxygens (including phenoxy) is 1. The maximum atomic E-state index is 12.6. The molecule has 0 aromatic heterocycles. The minimum atomic E-state index is -6.40. The van der Waals surface area contributed by atoms with Gasteiger partial charge < -0.3 is 8.92 Å². The zero-order valence-corrected chi connectivity index (χ0v) is 12.2. The number of halogens is 6. The Balaban J connectivity index is 3.03. The Morgan fingerprint density at radius 3 is 2.00 bits per heavy atom. The summed E-state index contributed by atoms with van der Waals surface area (Å²) in [5, 5.41) is 0. The van der Waals surface area contributed by atoms with Crippen molar-refractivity contribution in [1.29, 1.82) is 0 Å². The Bertz CT molecular complexity index is 658. The molecule has 130 valence electrons. The first-order valence-corrected chi connectivity index (χ1v) is 7.18. The summed E-state index contributed by atoms with van der Waals surface area (Å²) in [6.45, 7) is 0. The fourth-order valence-electron chi connectivity index (χ4n) is 1.33. The van der Waals surface area contributed by atoms with Crippen LogP contribution in [0.1, 0.15) is 5.56 Å². The lowest BCUT2D eigenvalue weighted by atomic mass is 10.1. The van der Waals surface area contributed by atoms with Crippen LogP contribution in [0.5, 0.6) is 5.75 Å². The van der Waals surface area contributed by atoms with E-state index in [0.717, 1.165) is 0 Å². The van der Waals surface area contributed by atoms with Crippen molar-refractivity contribution in [2.24, 2.45) is 0 Å². The molecule has 0 fully saturated rings. The second kappa shape index (κ2) is 6.69. The lowest BCUT2D eigenvalue weighted by molar-refractivity contribution is -0.120. The molecule has 23 heavy (non-hydrogen) atoms. The van der Waals surface area contributed by atoms with E-state index in [1.54, 1.807) is 0 Å². The van der Waals surface area contributed by atoms with Crippen LogP contribution in [-0.2, 0) is 20.7 Å². The average molecular weight is 364 g/mol. The molecule has 0 saturated heterocycles. The topological polar surface area (TPSA) is 52.6 Å². The number of hydrogen-bond donors (Lipinski definition) is 0. The van der Waals surface area contributed by atoms with Crippen LogP contribution in [0.2, 0.25) is 0 Å². The van der Waals surface area contributed by atoms with E-state index >= 15 is 0 Å². The van der Waals surface area contributed by atoms with Crippen molar-refractivity contribution in [3.05, 3.63) is 41.7 Å². The van der Waals surface area contributed by atoms with Crippen molar-refractivity contribution in [3.8, 4) is 5.75 Å². The van der Waals surface area contributed by atoms with E-state index in [1.807, 2.05) is 0 Å². The molecule has 0 aliphatic heterocycles. The Morgan fingerprint density at radius 2 is 1.61 bits per heavy atom. The van der Waals surface area contributed by atoms with Crippen molar-refractivity contribution in [3.63, 3.8) is 0 Å². The molecule has 11 heteroatoms. The van der Waals surface area contributed by atoms with E-state index in [2.05, 4.69) is 4.18 Å². The minimum Gasteiger partial charge on any atom is -0.497 e. The van der Waals surface area contributed by atoms with Gasteiger partial charge >= 0.3 is 21.8 Å². The van der Waals surface area contributed by atoms with Gasteiger partial charge in [-0.15, -0.1) is 0 Å². The zero-order chi connectivity index (χ0) is 17.9. The number of alkyl halides is 6. The standard InChI is InChI=1S/C12H10F6O4S/c1-21-9-5-2-8(3-6-9)4-7-10(11(13,14)15)22-23(19,20)12(16,17)18/h2-3,5-7H,4H2,1H3. The summed E-state index contributed by atoms with van der Waals surface area (Å²) in [5.41, 5.74) is -5.68. The molecule has 0 aliphatic rings. The summed E-state index contributed by atoms with van der Waals surface area (Å²) in [4.78, 5) is 0. The van der Waals surface area contributed by atoms with Crippen molar-refractivity contribution in [1.82, 2.24) is 0 Å². The van der Waals surface area contributed by atoms with Crippen molar-refractivity contribution in [2.45, 2.75) is 18.1 Å². The number of benzene rings is 1. The molecule has 1 aromatic carbocycles. The first-order valence-electron chi connectivity index (χ1n) is 5.78. The molecule has 4 nitrogen and oxygen atoms in total. The van der Waals surface area contributed by atoms with Gasteiger partial charge in [-0.3, -0.25) is 0 Å². The van der Waals surface area contributed by atoms with E-state index in [4.69, 9.17) is 4.74 Å². The van der Waals surface area contributed by atoms with Gasteiger partial charge in [0.05, 0.1) is 7.11 Å². The highest BCUT2D eigenvalue weighted by Gasteiger charge is 2.51. The van der Waals surface area contributed by atoms with Gasteiger partial charge in [0.1, 0.15) is 5.75 Å².